The van der Waals surface area contributed by atoms with Crippen molar-refractivity contribution >= 4 is 30.4 Å². The smallest absolute Gasteiger partial charge is 0.293 e. The van der Waals surface area contributed by atoms with Crippen LogP contribution in [0.2, 0.25) is 0 Å². The molecule has 1 aromatic rings. The predicted molar refractivity (Wildman–Crippen MR) is 140 cm³/mol. The SMILES string of the molecule is CNS(=O)(=O)N(CCCS(=O)(=O)N1CCC[C@@H]2CN3CCc4cc(OC)ccc4[C@@H]3C[C@@H]21)S(=O)(=O)NC. The van der Waals surface area contributed by atoms with Crippen LogP contribution in [-0.2, 0) is 36.9 Å². The Hall–Kier alpha value is -1.33. The molecule has 0 spiro atoms. The van der Waals surface area contributed by atoms with E-state index in [1.165, 1.54) is 11.1 Å². The summed E-state index contributed by atoms with van der Waals surface area (Å²) in [4.78, 5) is 2.47. The summed E-state index contributed by atoms with van der Waals surface area (Å²) < 4.78 is 87.2. The number of piperidine rings is 2. The zero-order valence-electron chi connectivity index (χ0n) is 21.5. The van der Waals surface area contributed by atoms with E-state index in [0.29, 0.717) is 13.0 Å². The van der Waals surface area contributed by atoms with Crippen molar-refractivity contribution < 1.29 is 30.0 Å². The summed E-state index contributed by atoms with van der Waals surface area (Å²) in [7, 11) is -8.55. The third kappa shape index (κ3) is 5.83. The number of hydrogen-bond donors (Lipinski definition) is 2. The fraction of sp³-hybridized carbons (Fsp3) is 0.727. The van der Waals surface area contributed by atoms with Gasteiger partial charge >= 0.3 is 0 Å². The number of sulfonamides is 1. The molecular weight excluding hydrogens is 542 g/mol. The van der Waals surface area contributed by atoms with Gasteiger partial charge in [-0.25, -0.2) is 17.9 Å². The molecule has 2 saturated heterocycles. The van der Waals surface area contributed by atoms with Gasteiger partial charge in [0.2, 0.25) is 10.0 Å². The lowest BCUT2D eigenvalue weighted by molar-refractivity contribution is 0.0219. The van der Waals surface area contributed by atoms with E-state index in [1.54, 1.807) is 11.4 Å². The highest BCUT2D eigenvalue weighted by molar-refractivity contribution is 8.02. The maximum atomic E-state index is 13.5. The molecule has 3 aliphatic heterocycles. The topological polar surface area (TPSA) is 145 Å². The van der Waals surface area contributed by atoms with Crippen LogP contribution in [0.3, 0.4) is 0 Å². The molecule has 0 aromatic heterocycles. The number of nitrogens with one attached hydrogen (secondary N) is 2. The van der Waals surface area contributed by atoms with E-state index in [0.717, 1.165) is 52.2 Å². The van der Waals surface area contributed by atoms with Gasteiger partial charge in [0.15, 0.2) is 0 Å². The summed E-state index contributed by atoms with van der Waals surface area (Å²) in [5, 5.41) is 0. The second-order valence-electron chi connectivity index (χ2n) is 9.73. The van der Waals surface area contributed by atoms with Crippen molar-refractivity contribution in [3.05, 3.63) is 29.3 Å². The van der Waals surface area contributed by atoms with Gasteiger partial charge in [-0.1, -0.05) is 9.78 Å². The molecule has 12 nitrogen and oxygen atoms in total. The van der Waals surface area contributed by atoms with Crippen molar-refractivity contribution in [2.75, 3.05) is 53.1 Å². The van der Waals surface area contributed by atoms with Crippen molar-refractivity contribution in [1.82, 2.24) is 22.4 Å². The molecule has 1 aromatic carbocycles. The average Bonchev–Trinajstić information content (AvgIpc) is 2.88. The summed E-state index contributed by atoms with van der Waals surface area (Å²) in [6.45, 7) is 1.69. The summed E-state index contributed by atoms with van der Waals surface area (Å²) in [6.07, 6.45) is 3.20. The lowest BCUT2D eigenvalue weighted by Crippen LogP contribution is -2.57. The number of benzene rings is 1. The van der Waals surface area contributed by atoms with E-state index in [9.17, 15) is 25.3 Å². The molecule has 2 N–H and O–H groups in total. The Bertz CT molecular complexity index is 1270. The van der Waals surface area contributed by atoms with Crippen LogP contribution in [0, 0.1) is 5.92 Å². The maximum Gasteiger partial charge on any atom is 0.293 e. The standard InChI is InChI=1S/C22H37N5O7S3/c1-23-36(30,31)27(37(32,33)24-2)11-5-13-35(28,29)26-10-4-6-18-16-25-12-9-17-14-19(34-3)7-8-20(17)22(25)15-21(18)26/h7-8,14,18,21-24H,4-6,9-13,15-16H2,1-3H3/t18-,21+,22+/m1/s1. The largest absolute Gasteiger partial charge is 0.497 e. The number of methoxy groups -OCH3 is 1. The van der Waals surface area contributed by atoms with Crippen molar-refractivity contribution in [2.45, 2.75) is 44.2 Å². The highest BCUT2D eigenvalue weighted by Gasteiger charge is 2.46. The molecule has 3 aliphatic rings. The first-order valence-corrected chi connectivity index (χ1v) is 17.0. The van der Waals surface area contributed by atoms with Crippen molar-refractivity contribution in [1.29, 1.82) is 0 Å². The van der Waals surface area contributed by atoms with Gasteiger partial charge in [0, 0.05) is 52.4 Å². The number of nitrogens with zero attached hydrogens (tertiary/aromatic N) is 3. The predicted octanol–water partition coefficient (Wildman–Crippen LogP) is 0.0290. The first kappa shape index (κ1) is 28.7. The highest BCUT2D eigenvalue weighted by Crippen LogP contribution is 2.44. The van der Waals surface area contributed by atoms with Crippen LogP contribution in [0.1, 0.15) is 42.9 Å². The molecule has 0 amide bonds. The minimum absolute atomic E-state index is 0.128. The van der Waals surface area contributed by atoms with E-state index >= 15 is 0 Å². The Labute approximate surface area is 220 Å². The molecule has 0 radical (unpaired) electrons. The zero-order valence-corrected chi connectivity index (χ0v) is 23.9. The zero-order chi connectivity index (χ0) is 27.0. The van der Waals surface area contributed by atoms with E-state index < -0.39 is 37.0 Å². The molecule has 0 unspecified atom stereocenters. The molecule has 0 saturated carbocycles. The van der Waals surface area contributed by atoms with Crippen molar-refractivity contribution in [3.63, 3.8) is 0 Å². The Kier molecular flexibility index (Phi) is 8.55. The normalized spacial score (nSPS) is 25.4. The quantitative estimate of drug-likeness (QED) is 0.395. The van der Waals surface area contributed by atoms with Crippen LogP contribution in [-0.4, -0.2) is 97.3 Å². The first-order chi connectivity index (χ1) is 17.4. The van der Waals surface area contributed by atoms with Gasteiger partial charge in [-0.05, 0) is 61.3 Å². The van der Waals surface area contributed by atoms with E-state index in [4.69, 9.17) is 4.74 Å². The van der Waals surface area contributed by atoms with Crippen molar-refractivity contribution in [3.8, 4) is 5.75 Å². The second-order valence-corrected chi connectivity index (χ2v) is 15.6. The Morgan fingerprint density at radius 3 is 2.41 bits per heavy atom. The molecule has 15 heteroatoms. The van der Waals surface area contributed by atoms with Crippen LogP contribution in [0.4, 0.5) is 0 Å². The van der Waals surface area contributed by atoms with Gasteiger partial charge in [0.1, 0.15) is 5.75 Å². The van der Waals surface area contributed by atoms with Gasteiger partial charge in [-0.3, -0.25) is 4.90 Å². The molecule has 3 heterocycles. The Morgan fingerprint density at radius 1 is 1.05 bits per heavy atom. The lowest BCUT2D eigenvalue weighted by Gasteiger charge is -2.51. The van der Waals surface area contributed by atoms with Gasteiger partial charge in [0.05, 0.1) is 12.9 Å². The average molecular weight is 580 g/mol. The van der Waals surface area contributed by atoms with Crippen molar-refractivity contribution in [2.24, 2.45) is 5.92 Å². The third-order valence-corrected chi connectivity index (χ3v) is 13.4. The number of fused-ring (bicyclic) bond motifs is 4. The van der Waals surface area contributed by atoms with Gasteiger partial charge in [-0.15, -0.1) is 0 Å². The third-order valence-electron chi connectivity index (χ3n) is 7.77. The molecule has 0 aliphatic carbocycles. The lowest BCUT2D eigenvalue weighted by atomic mass is 9.77. The van der Waals surface area contributed by atoms with Gasteiger partial charge < -0.3 is 4.74 Å². The number of rotatable bonds is 10. The van der Waals surface area contributed by atoms with E-state index in [-0.39, 0.29) is 33.9 Å². The van der Waals surface area contributed by atoms with Gasteiger partial charge in [0.25, 0.3) is 20.4 Å². The maximum absolute atomic E-state index is 13.5. The van der Waals surface area contributed by atoms with E-state index in [1.807, 2.05) is 15.5 Å². The second kappa shape index (κ2) is 11.0. The Balaban J connectivity index is 1.50. The monoisotopic (exact) mass is 579 g/mol. The highest BCUT2D eigenvalue weighted by atomic mass is 32.3. The molecule has 210 valence electrons. The summed E-state index contributed by atoms with van der Waals surface area (Å²) in [6, 6.07) is 6.09. The fourth-order valence-electron chi connectivity index (χ4n) is 5.93. The number of ether oxygens (including phenoxy) is 1. The van der Waals surface area contributed by atoms with Crippen LogP contribution in [0.15, 0.2) is 18.2 Å². The van der Waals surface area contributed by atoms with Crippen LogP contribution in [0.5, 0.6) is 5.75 Å². The minimum atomic E-state index is -4.33. The summed E-state index contributed by atoms with van der Waals surface area (Å²) in [5.41, 5.74) is 2.46. The fourth-order valence-corrected chi connectivity index (χ4v) is 10.4. The Morgan fingerprint density at radius 2 is 1.76 bits per heavy atom. The van der Waals surface area contributed by atoms with E-state index in [2.05, 4.69) is 17.0 Å². The molecule has 2 fully saturated rings. The summed E-state index contributed by atoms with van der Waals surface area (Å²) in [5.74, 6) is 0.704. The van der Waals surface area contributed by atoms with Crippen LogP contribution >= 0.6 is 0 Å². The molecule has 0 bridgehead atoms. The minimum Gasteiger partial charge on any atom is -0.497 e. The molecule has 3 atom stereocenters. The molecule has 37 heavy (non-hydrogen) atoms. The van der Waals surface area contributed by atoms with Crippen LogP contribution < -0.4 is 14.2 Å². The number of hydrogen-bond acceptors (Lipinski definition) is 8. The first-order valence-electron chi connectivity index (χ1n) is 12.5. The summed E-state index contributed by atoms with van der Waals surface area (Å²) >= 11 is 0. The molecule has 4 rings (SSSR count). The van der Waals surface area contributed by atoms with Gasteiger partial charge in [-0.2, -0.15) is 21.1 Å². The molecular formula is C22H37N5O7S3. The van der Waals surface area contributed by atoms with Crippen LogP contribution in [0.25, 0.3) is 0 Å².